The number of hydrogen-bond acceptors (Lipinski definition) is 2. The molecule has 1 aliphatic carbocycles. The molecule has 0 spiro atoms. The molecule has 0 saturated heterocycles. The van der Waals surface area contributed by atoms with Crippen molar-refractivity contribution in [2.24, 2.45) is 0 Å². The van der Waals surface area contributed by atoms with Gasteiger partial charge in [-0.2, -0.15) is 0 Å². The molecule has 1 saturated carbocycles. The molecule has 0 heterocycles. The fourth-order valence-corrected chi connectivity index (χ4v) is 3.31. The third kappa shape index (κ3) is 2.98. The molecule has 0 bridgehead atoms. The second-order valence-electron chi connectivity index (χ2n) is 5.46. The summed E-state index contributed by atoms with van der Waals surface area (Å²) >= 11 is 0. The first-order chi connectivity index (χ1) is 7.67. The fourth-order valence-electron chi connectivity index (χ4n) is 3.31. The lowest BCUT2D eigenvalue weighted by atomic mass is 9.83. The lowest BCUT2D eigenvalue weighted by Crippen LogP contribution is -2.57. The summed E-state index contributed by atoms with van der Waals surface area (Å²) in [7, 11) is 4.53. The van der Waals surface area contributed by atoms with Gasteiger partial charge in [0.05, 0.1) is 0 Å². The number of rotatable bonds is 7. The summed E-state index contributed by atoms with van der Waals surface area (Å²) in [6, 6.07) is 0.690. The molecule has 2 heteroatoms. The van der Waals surface area contributed by atoms with Crippen LogP contribution in [0.2, 0.25) is 0 Å². The molecule has 0 aromatic heterocycles. The third-order valence-corrected chi connectivity index (χ3v) is 4.31. The van der Waals surface area contributed by atoms with Gasteiger partial charge in [0.1, 0.15) is 0 Å². The van der Waals surface area contributed by atoms with Gasteiger partial charge in [0.2, 0.25) is 0 Å². The molecule has 0 aliphatic heterocycles. The molecule has 96 valence electrons. The molecular weight excluding hydrogens is 196 g/mol. The van der Waals surface area contributed by atoms with Gasteiger partial charge >= 0.3 is 0 Å². The first kappa shape index (κ1) is 14.0. The van der Waals surface area contributed by atoms with E-state index < -0.39 is 0 Å². The molecule has 0 aromatic rings. The van der Waals surface area contributed by atoms with Gasteiger partial charge in [-0.15, -0.1) is 0 Å². The van der Waals surface area contributed by atoms with Crippen LogP contribution in [0, 0.1) is 0 Å². The van der Waals surface area contributed by atoms with Gasteiger partial charge in [-0.3, -0.25) is 0 Å². The van der Waals surface area contributed by atoms with Crippen LogP contribution in [0.3, 0.4) is 0 Å². The molecular formula is C14H30N2. The Balaban J connectivity index is 2.70. The summed E-state index contributed by atoms with van der Waals surface area (Å²) in [4.78, 5) is 2.49. The minimum Gasteiger partial charge on any atom is -0.312 e. The van der Waals surface area contributed by atoms with Crippen molar-refractivity contribution in [1.29, 1.82) is 0 Å². The quantitative estimate of drug-likeness (QED) is 0.718. The summed E-state index contributed by atoms with van der Waals surface area (Å²) < 4.78 is 0. The lowest BCUT2D eigenvalue weighted by Gasteiger charge is -2.44. The highest BCUT2D eigenvalue weighted by atomic mass is 15.2. The molecule has 1 unspecified atom stereocenters. The normalized spacial score (nSPS) is 21.6. The minimum atomic E-state index is 0.436. The molecule has 1 fully saturated rings. The lowest BCUT2D eigenvalue weighted by molar-refractivity contribution is 0.0995. The Morgan fingerprint density at radius 1 is 1.19 bits per heavy atom. The second-order valence-corrected chi connectivity index (χ2v) is 5.46. The summed E-state index contributed by atoms with van der Waals surface area (Å²) in [6.45, 7) is 5.63. The Kier molecular flexibility index (Phi) is 5.77. The maximum absolute atomic E-state index is 3.74. The Labute approximate surface area is 102 Å². The van der Waals surface area contributed by atoms with E-state index in [1.165, 1.54) is 44.9 Å². The zero-order valence-corrected chi connectivity index (χ0v) is 11.7. The highest BCUT2D eigenvalue weighted by Crippen LogP contribution is 2.38. The van der Waals surface area contributed by atoms with Crippen molar-refractivity contribution < 1.29 is 0 Å². The molecule has 0 amide bonds. The number of nitrogens with one attached hydrogen (secondary N) is 1. The van der Waals surface area contributed by atoms with Gasteiger partial charge in [-0.1, -0.05) is 39.5 Å². The van der Waals surface area contributed by atoms with E-state index in [0.717, 1.165) is 6.54 Å². The zero-order chi connectivity index (χ0) is 12.0. The van der Waals surface area contributed by atoms with Crippen LogP contribution < -0.4 is 5.32 Å². The van der Waals surface area contributed by atoms with E-state index in [2.05, 4.69) is 38.2 Å². The monoisotopic (exact) mass is 226 g/mol. The first-order valence-corrected chi connectivity index (χ1v) is 7.08. The molecule has 1 rings (SSSR count). The number of nitrogens with zero attached hydrogens (tertiary/aromatic N) is 1. The van der Waals surface area contributed by atoms with Crippen LogP contribution in [0.4, 0.5) is 0 Å². The highest BCUT2D eigenvalue weighted by Gasteiger charge is 2.42. The number of hydrogen-bond donors (Lipinski definition) is 1. The topological polar surface area (TPSA) is 15.3 Å². The van der Waals surface area contributed by atoms with Crippen molar-refractivity contribution in [1.82, 2.24) is 10.2 Å². The van der Waals surface area contributed by atoms with E-state index in [4.69, 9.17) is 0 Å². The minimum absolute atomic E-state index is 0.436. The van der Waals surface area contributed by atoms with E-state index in [1.54, 1.807) is 0 Å². The van der Waals surface area contributed by atoms with Crippen LogP contribution in [-0.4, -0.2) is 37.1 Å². The van der Waals surface area contributed by atoms with Gasteiger partial charge < -0.3 is 10.2 Å². The smallest absolute Gasteiger partial charge is 0.0356 e. The fraction of sp³-hybridized carbons (Fsp3) is 1.00. The maximum atomic E-state index is 3.74. The van der Waals surface area contributed by atoms with Crippen LogP contribution in [0.15, 0.2) is 0 Å². The predicted octanol–water partition coefficient (Wildman–Crippen LogP) is 3.03. The summed E-state index contributed by atoms with van der Waals surface area (Å²) in [5, 5.41) is 3.74. The van der Waals surface area contributed by atoms with Crippen molar-refractivity contribution in [3.05, 3.63) is 0 Å². The largest absolute Gasteiger partial charge is 0.312 e. The standard InChI is InChI=1S/C14H30N2/c1-5-7-10-13(15-6-2)14(16(3)4)11-8-9-12-14/h13,15H,5-12H2,1-4H3. The Bertz CT molecular complexity index is 183. The van der Waals surface area contributed by atoms with E-state index in [9.17, 15) is 0 Å². The highest BCUT2D eigenvalue weighted by molar-refractivity contribution is 5.01. The molecule has 1 N–H and O–H groups in total. The molecule has 0 radical (unpaired) electrons. The van der Waals surface area contributed by atoms with E-state index in [1.807, 2.05) is 0 Å². The molecule has 16 heavy (non-hydrogen) atoms. The summed E-state index contributed by atoms with van der Waals surface area (Å²) in [5.41, 5.74) is 0.436. The van der Waals surface area contributed by atoms with Gasteiger partial charge in [0.25, 0.3) is 0 Å². The maximum Gasteiger partial charge on any atom is 0.0356 e. The van der Waals surface area contributed by atoms with E-state index in [-0.39, 0.29) is 0 Å². The van der Waals surface area contributed by atoms with Crippen molar-refractivity contribution in [2.75, 3.05) is 20.6 Å². The van der Waals surface area contributed by atoms with Gasteiger partial charge in [0.15, 0.2) is 0 Å². The average molecular weight is 226 g/mol. The Morgan fingerprint density at radius 3 is 2.25 bits per heavy atom. The van der Waals surface area contributed by atoms with Crippen LogP contribution in [0.5, 0.6) is 0 Å². The van der Waals surface area contributed by atoms with E-state index >= 15 is 0 Å². The van der Waals surface area contributed by atoms with Crippen molar-refractivity contribution in [3.63, 3.8) is 0 Å². The van der Waals surface area contributed by atoms with Crippen molar-refractivity contribution in [3.8, 4) is 0 Å². The average Bonchev–Trinajstić information content (AvgIpc) is 2.74. The zero-order valence-electron chi connectivity index (χ0n) is 11.7. The van der Waals surface area contributed by atoms with Crippen molar-refractivity contribution in [2.45, 2.75) is 70.4 Å². The molecule has 1 aliphatic rings. The van der Waals surface area contributed by atoms with Crippen LogP contribution in [0.25, 0.3) is 0 Å². The van der Waals surface area contributed by atoms with Crippen LogP contribution >= 0.6 is 0 Å². The first-order valence-electron chi connectivity index (χ1n) is 7.08. The second kappa shape index (κ2) is 6.61. The number of likely N-dealkylation sites (N-methyl/N-ethyl adjacent to an activating group) is 2. The van der Waals surface area contributed by atoms with E-state index in [0.29, 0.717) is 11.6 Å². The summed E-state index contributed by atoms with van der Waals surface area (Å²) in [6.07, 6.45) is 9.57. The van der Waals surface area contributed by atoms with Gasteiger partial charge in [-0.05, 0) is 39.9 Å². The summed E-state index contributed by atoms with van der Waals surface area (Å²) in [5.74, 6) is 0. The Morgan fingerprint density at radius 2 is 1.81 bits per heavy atom. The third-order valence-electron chi connectivity index (χ3n) is 4.31. The SMILES string of the molecule is CCCCC(NCC)C1(N(C)C)CCCC1. The van der Waals surface area contributed by atoms with Crippen molar-refractivity contribution >= 4 is 0 Å². The number of unbranched alkanes of at least 4 members (excludes halogenated alkanes) is 1. The van der Waals surface area contributed by atoms with Crippen LogP contribution in [0.1, 0.15) is 58.8 Å². The predicted molar refractivity (Wildman–Crippen MR) is 71.9 cm³/mol. The molecule has 1 atom stereocenters. The van der Waals surface area contributed by atoms with Gasteiger partial charge in [-0.25, -0.2) is 0 Å². The Hall–Kier alpha value is -0.0800. The van der Waals surface area contributed by atoms with Crippen LogP contribution in [-0.2, 0) is 0 Å². The van der Waals surface area contributed by atoms with Gasteiger partial charge in [0, 0.05) is 11.6 Å². The molecule has 0 aromatic carbocycles. The molecule has 2 nitrogen and oxygen atoms in total.